The lowest BCUT2D eigenvalue weighted by Gasteiger charge is -2.47. The predicted octanol–water partition coefficient (Wildman–Crippen LogP) is 6.24. The molecule has 10 heteroatoms. The normalized spacial score (nSPS) is 28.4. The number of benzene rings is 1. The van der Waals surface area contributed by atoms with E-state index < -0.39 is 31.1 Å². The summed E-state index contributed by atoms with van der Waals surface area (Å²) >= 11 is 0. The van der Waals surface area contributed by atoms with Crippen molar-refractivity contribution in [3.05, 3.63) is 35.9 Å². The average Bonchev–Trinajstić information content (AvgIpc) is 3.63. The van der Waals surface area contributed by atoms with Crippen LogP contribution < -0.4 is 0 Å². The zero-order valence-corrected chi connectivity index (χ0v) is 31.3. The number of rotatable bonds is 14. The van der Waals surface area contributed by atoms with Gasteiger partial charge in [-0.2, -0.15) is 0 Å². The monoisotopic (exact) mass is 648 g/mol. The summed E-state index contributed by atoms with van der Waals surface area (Å²) in [7, 11) is -5.65. The van der Waals surface area contributed by atoms with E-state index in [1.54, 1.807) is 0 Å². The summed E-state index contributed by atoms with van der Waals surface area (Å²) in [5.41, 5.74) is 0.810. The maximum Gasteiger partial charge on any atom is 0.184 e. The Morgan fingerprint density at radius 3 is 2.12 bits per heavy atom. The second-order valence-corrected chi connectivity index (χ2v) is 28.7. The molecule has 2 fully saturated rings. The van der Waals surface area contributed by atoms with Gasteiger partial charge in [0, 0.05) is 42.8 Å². The van der Waals surface area contributed by atoms with E-state index >= 15 is 0 Å². The fourth-order valence-corrected chi connectivity index (χ4v) is 9.29. The predicted molar refractivity (Wildman–Crippen MR) is 180 cm³/mol. The van der Waals surface area contributed by atoms with Gasteiger partial charge in [0.2, 0.25) is 0 Å². The fourth-order valence-electron chi connectivity index (χ4n) is 5.72. The Balaban J connectivity index is 1.71. The van der Waals surface area contributed by atoms with Gasteiger partial charge >= 0.3 is 0 Å². The average molecular weight is 649 g/mol. The first-order valence-electron chi connectivity index (χ1n) is 15.9. The highest BCUT2D eigenvalue weighted by atomic mass is 28.4. The zero-order chi connectivity index (χ0) is 32.2. The molecule has 1 N–H and O–H groups in total. The molecular formula is C33H56O7Si3. The van der Waals surface area contributed by atoms with Crippen LogP contribution in [0.2, 0.25) is 58.9 Å². The van der Waals surface area contributed by atoms with Crippen LogP contribution in [-0.4, -0.2) is 85.2 Å². The summed E-state index contributed by atoms with van der Waals surface area (Å²) < 4.78 is 32.7. The minimum Gasteiger partial charge on any atom is -0.415 e. The number of aliphatic hydroxyl groups is 1. The summed E-state index contributed by atoms with van der Waals surface area (Å²) in [6.45, 7) is 24.5. The summed E-state index contributed by atoms with van der Waals surface area (Å²) in [4.78, 5) is 13.2. The highest BCUT2D eigenvalue weighted by Crippen LogP contribution is 2.40. The van der Waals surface area contributed by atoms with Gasteiger partial charge in [-0.3, -0.25) is 4.79 Å². The van der Waals surface area contributed by atoms with Crippen molar-refractivity contribution in [3.8, 4) is 11.8 Å². The molecule has 0 aromatic heterocycles. The van der Waals surface area contributed by atoms with Crippen molar-refractivity contribution >= 4 is 30.7 Å². The van der Waals surface area contributed by atoms with Crippen LogP contribution in [0, 0.1) is 23.7 Å². The van der Waals surface area contributed by atoms with Crippen LogP contribution in [0.3, 0.4) is 0 Å². The van der Waals surface area contributed by atoms with Gasteiger partial charge in [0.1, 0.15) is 11.9 Å². The second kappa shape index (κ2) is 15.0. The van der Waals surface area contributed by atoms with Gasteiger partial charge in [0.15, 0.2) is 25.0 Å². The molecule has 9 atom stereocenters. The van der Waals surface area contributed by atoms with E-state index in [-0.39, 0.29) is 67.1 Å². The first-order chi connectivity index (χ1) is 19.8. The second-order valence-electron chi connectivity index (χ2n) is 15.3. The summed E-state index contributed by atoms with van der Waals surface area (Å²) in [5, 5.41) is 10.5. The van der Waals surface area contributed by atoms with E-state index in [2.05, 4.69) is 84.6 Å². The number of epoxide rings is 1. The van der Waals surface area contributed by atoms with Crippen LogP contribution in [0.5, 0.6) is 0 Å². The molecule has 43 heavy (non-hydrogen) atoms. The quantitative estimate of drug-likeness (QED) is 0.145. The van der Waals surface area contributed by atoms with Crippen LogP contribution in [0.25, 0.3) is 0 Å². The highest BCUT2D eigenvalue weighted by molar-refractivity contribution is 6.70. The smallest absolute Gasteiger partial charge is 0.184 e. The Bertz CT molecular complexity index is 1100. The molecule has 0 aliphatic carbocycles. The van der Waals surface area contributed by atoms with Crippen LogP contribution in [-0.2, 0) is 27.5 Å². The molecule has 1 aromatic carbocycles. The number of aliphatic hydroxyl groups excluding tert-OH is 1. The van der Waals surface area contributed by atoms with Crippen molar-refractivity contribution in [1.82, 2.24) is 0 Å². The molecule has 2 aliphatic heterocycles. The van der Waals surface area contributed by atoms with E-state index in [1.807, 2.05) is 30.3 Å². The number of ketones is 1. The number of hydrogen-bond donors (Lipinski definition) is 1. The Morgan fingerprint density at radius 1 is 0.930 bits per heavy atom. The third kappa shape index (κ3) is 12.6. The topological polar surface area (TPSA) is 86.8 Å². The van der Waals surface area contributed by atoms with Gasteiger partial charge in [-0.05, 0) is 78.0 Å². The van der Waals surface area contributed by atoms with Crippen molar-refractivity contribution in [1.29, 1.82) is 0 Å². The summed E-state index contributed by atoms with van der Waals surface area (Å²) in [6.07, 6.45) is -0.444. The Morgan fingerprint density at radius 2 is 1.53 bits per heavy atom. The Hall–Kier alpha value is -1.14. The molecule has 0 radical (unpaired) electrons. The Kier molecular flexibility index (Phi) is 12.6. The molecule has 3 rings (SSSR count). The number of carbonyl (C=O) groups is 1. The lowest BCUT2D eigenvalue weighted by Crippen LogP contribution is -2.58. The maximum absolute atomic E-state index is 13.2. The molecule has 0 amide bonds. The SMILES string of the molecule is C[C@@H]([C@@H]1O[C@H]1C[C@@H]1OC[C@H](CC(=O)CC(O)C#Cc2ccccc2)[C@@H](O[Si](C)(C)C)[C@@H]1O[Si](C)(C)C)[C@H](C)O[Si](C)(C)C. The van der Waals surface area contributed by atoms with E-state index in [1.165, 1.54) is 0 Å². The van der Waals surface area contributed by atoms with Gasteiger partial charge < -0.3 is 27.9 Å². The third-order valence-corrected chi connectivity index (χ3v) is 10.6. The molecule has 2 saturated heterocycles. The van der Waals surface area contributed by atoms with Crippen molar-refractivity contribution < 1.29 is 32.7 Å². The molecule has 7 nitrogen and oxygen atoms in total. The molecule has 2 aliphatic rings. The van der Waals surface area contributed by atoms with Crippen LogP contribution in [0.1, 0.15) is 38.7 Å². The number of Topliss-reactive ketones (excluding diaryl/α,β-unsaturated/α-hetero) is 1. The maximum atomic E-state index is 13.2. The number of hydrogen-bond acceptors (Lipinski definition) is 7. The van der Waals surface area contributed by atoms with Gasteiger partial charge in [0.05, 0.1) is 37.1 Å². The molecule has 1 aromatic rings. The van der Waals surface area contributed by atoms with Crippen molar-refractivity contribution in [2.75, 3.05) is 6.61 Å². The Labute approximate surface area is 263 Å². The molecule has 0 spiro atoms. The van der Waals surface area contributed by atoms with Gasteiger partial charge in [-0.15, -0.1) is 0 Å². The lowest BCUT2D eigenvalue weighted by molar-refractivity contribution is -0.159. The minimum absolute atomic E-state index is 0.0217. The fraction of sp³-hybridized carbons (Fsp3) is 0.727. The largest absolute Gasteiger partial charge is 0.415 e. The van der Waals surface area contributed by atoms with E-state index in [4.69, 9.17) is 22.8 Å². The highest BCUT2D eigenvalue weighted by Gasteiger charge is 2.51. The first-order valence-corrected chi connectivity index (χ1v) is 26.1. The van der Waals surface area contributed by atoms with Gasteiger partial charge in [0.25, 0.3) is 0 Å². The van der Waals surface area contributed by atoms with Crippen LogP contribution >= 0.6 is 0 Å². The van der Waals surface area contributed by atoms with Crippen LogP contribution in [0.4, 0.5) is 0 Å². The number of carbonyl (C=O) groups excluding carboxylic acids is 1. The summed E-state index contributed by atoms with van der Waals surface area (Å²) in [6, 6.07) is 9.47. The minimum atomic E-state index is -2.01. The molecule has 242 valence electrons. The molecule has 1 unspecified atom stereocenters. The molecule has 0 saturated carbocycles. The van der Waals surface area contributed by atoms with Gasteiger partial charge in [-0.1, -0.05) is 37.0 Å². The van der Waals surface area contributed by atoms with Gasteiger partial charge in [-0.25, -0.2) is 0 Å². The zero-order valence-electron chi connectivity index (χ0n) is 28.3. The first kappa shape index (κ1) is 36.3. The lowest BCUT2D eigenvalue weighted by atomic mass is 9.85. The van der Waals surface area contributed by atoms with Crippen molar-refractivity contribution in [2.24, 2.45) is 11.8 Å². The number of ether oxygens (including phenoxy) is 2. The van der Waals surface area contributed by atoms with E-state index in [9.17, 15) is 9.90 Å². The van der Waals surface area contributed by atoms with Crippen molar-refractivity contribution in [3.63, 3.8) is 0 Å². The third-order valence-electron chi connectivity index (χ3n) is 7.61. The molecular weight excluding hydrogens is 593 g/mol. The van der Waals surface area contributed by atoms with E-state index in [0.29, 0.717) is 6.61 Å². The van der Waals surface area contributed by atoms with Crippen molar-refractivity contribution in [2.45, 2.75) is 135 Å². The molecule has 2 heterocycles. The standard InChI is InChI=1S/C33H56O7Si3/c1-23(24(2)38-41(3,4)5)31-30(37-31)21-29-33(40-43(9,10)11)32(39-42(6,7)8)26(22-36-29)19-28(35)20-27(34)18-17-25-15-13-12-14-16-25/h12-16,23-24,26-27,29-34H,19-22H2,1-11H3/t23-,24+,26+,27?,29+,30+,31+,32-,33-/m1/s1. The summed E-state index contributed by atoms with van der Waals surface area (Å²) in [5.74, 6) is 5.85. The molecule has 0 bridgehead atoms. The van der Waals surface area contributed by atoms with Crippen LogP contribution in [0.15, 0.2) is 30.3 Å². The van der Waals surface area contributed by atoms with E-state index in [0.717, 1.165) is 12.0 Å².